The first kappa shape index (κ1) is 25.2. The lowest BCUT2D eigenvalue weighted by molar-refractivity contribution is 0.0303. The summed E-state index contributed by atoms with van der Waals surface area (Å²) in [5.41, 5.74) is 2.36. The molecule has 0 unspecified atom stereocenters. The highest BCUT2D eigenvalue weighted by Crippen LogP contribution is 2.41. The van der Waals surface area contributed by atoms with Gasteiger partial charge in [0.15, 0.2) is 5.69 Å². The average Bonchev–Trinajstić information content (AvgIpc) is 3.34. The van der Waals surface area contributed by atoms with Gasteiger partial charge in [0.05, 0.1) is 43.9 Å². The summed E-state index contributed by atoms with van der Waals surface area (Å²) in [6.07, 6.45) is 0. The number of benzene rings is 1. The highest BCUT2D eigenvalue weighted by atomic mass is 79.9. The number of hydrogen-bond acceptors (Lipinski definition) is 7. The van der Waals surface area contributed by atoms with Gasteiger partial charge in [-0.05, 0) is 35.0 Å². The fraction of sp³-hybridized carbons (Fsp3) is 0.364. The summed E-state index contributed by atoms with van der Waals surface area (Å²) in [6, 6.07) is 5.28. The summed E-state index contributed by atoms with van der Waals surface area (Å²) < 4.78 is 8.01. The second-order valence-electron chi connectivity index (χ2n) is 7.86. The van der Waals surface area contributed by atoms with E-state index in [1.165, 1.54) is 16.0 Å². The minimum absolute atomic E-state index is 0.0122. The lowest BCUT2D eigenvalue weighted by Crippen LogP contribution is -2.40. The number of thiazole rings is 1. The molecule has 12 heteroatoms. The standard InChI is InChI=1S/C22H22BrClN4O4S2/c1-11(2)33-21-17(25-22(34-21)28-18(20(30)31)16(23)12(3)26-28)13-4-5-15(24)14(10-13)19(29)27-6-8-32-9-7-27/h4-5,10-11H,6-9H2,1-3H3,(H,30,31). The SMILES string of the molecule is Cc1nn(-c2nc(-c3ccc(Cl)c(C(=O)N4CCOCC4)c3)c(SC(C)C)s2)c(C(=O)O)c1Br. The number of hydrogen-bond donors (Lipinski definition) is 1. The summed E-state index contributed by atoms with van der Waals surface area (Å²) in [6.45, 7) is 7.89. The number of nitrogens with zero attached hydrogens (tertiary/aromatic N) is 4. The smallest absolute Gasteiger partial charge is 0.355 e. The molecule has 1 aliphatic rings. The third-order valence-electron chi connectivity index (χ3n) is 5.07. The fourth-order valence-corrected chi connectivity index (χ4v) is 6.56. The quantitative estimate of drug-likeness (QED) is 0.387. The highest BCUT2D eigenvalue weighted by molar-refractivity contribution is 9.10. The third kappa shape index (κ3) is 5.03. The second kappa shape index (κ2) is 10.4. The number of amides is 1. The molecular weight excluding hydrogens is 564 g/mol. The molecule has 0 aliphatic carbocycles. The maximum atomic E-state index is 13.1. The van der Waals surface area contributed by atoms with Gasteiger partial charge in [0.2, 0.25) is 5.13 Å². The van der Waals surface area contributed by atoms with Crippen LogP contribution in [0.15, 0.2) is 26.9 Å². The maximum absolute atomic E-state index is 13.1. The van der Waals surface area contributed by atoms with Crippen molar-refractivity contribution in [3.8, 4) is 16.4 Å². The summed E-state index contributed by atoms with van der Waals surface area (Å²) >= 11 is 12.7. The summed E-state index contributed by atoms with van der Waals surface area (Å²) in [4.78, 5) is 31.5. The number of carbonyl (C=O) groups excluding carboxylic acids is 1. The molecule has 180 valence electrons. The topological polar surface area (TPSA) is 97.5 Å². The molecule has 2 aromatic heterocycles. The van der Waals surface area contributed by atoms with Gasteiger partial charge in [-0.2, -0.15) is 9.78 Å². The Kier molecular flexibility index (Phi) is 7.68. The first-order valence-electron chi connectivity index (χ1n) is 10.5. The maximum Gasteiger partial charge on any atom is 0.355 e. The Morgan fingerprint density at radius 3 is 2.65 bits per heavy atom. The van der Waals surface area contributed by atoms with E-state index in [9.17, 15) is 14.7 Å². The number of aryl methyl sites for hydroxylation is 1. The zero-order chi connectivity index (χ0) is 24.6. The van der Waals surface area contributed by atoms with Crippen molar-refractivity contribution in [2.24, 2.45) is 0 Å². The number of rotatable bonds is 6. The van der Waals surface area contributed by atoms with Crippen molar-refractivity contribution < 1.29 is 19.4 Å². The van der Waals surface area contributed by atoms with E-state index in [4.69, 9.17) is 21.3 Å². The number of carboxylic acid groups (broad SMARTS) is 1. The van der Waals surface area contributed by atoms with Crippen LogP contribution >= 0.6 is 50.6 Å². The molecule has 1 fully saturated rings. The Labute approximate surface area is 218 Å². The summed E-state index contributed by atoms with van der Waals surface area (Å²) in [5.74, 6) is -1.25. The van der Waals surface area contributed by atoms with E-state index in [0.29, 0.717) is 57.9 Å². The van der Waals surface area contributed by atoms with Crippen molar-refractivity contribution in [2.45, 2.75) is 30.2 Å². The molecule has 1 amide bonds. The van der Waals surface area contributed by atoms with Crippen LogP contribution in [0.1, 0.15) is 40.4 Å². The van der Waals surface area contributed by atoms with Gasteiger partial charge in [-0.1, -0.05) is 42.9 Å². The van der Waals surface area contributed by atoms with Crippen LogP contribution in [-0.2, 0) is 4.74 Å². The average molecular weight is 586 g/mol. The number of carbonyl (C=O) groups is 2. The van der Waals surface area contributed by atoms with E-state index in [1.807, 2.05) is 6.07 Å². The van der Waals surface area contributed by atoms with Gasteiger partial charge in [0.1, 0.15) is 0 Å². The molecule has 4 rings (SSSR count). The normalized spacial score (nSPS) is 14.1. The van der Waals surface area contributed by atoms with Gasteiger partial charge in [-0.25, -0.2) is 9.78 Å². The van der Waals surface area contributed by atoms with Crippen LogP contribution < -0.4 is 0 Å². The molecule has 3 aromatic rings. The first-order chi connectivity index (χ1) is 16.2. The Hall–Kier alpha value is -1.92. The minimum Gasteiger partial charge on any atom is -0.476 e. The van der Waals surface area contributed by atoms with Crippen molar-refractivity contribution in [3.63, 3.8) is 0 Å². The van der Waals surface area contributed by atoms with Crippen LogP contribution in [0.3, 0.4) is 0 Å². The minimum atomic E-state index is -1.10. The third-order valence-corrected chi connectivity index (χ3v) is 8.59. The number of thioether (sulfide) groups is 1. The van der Waals surface area contributed by atoms with E-state index < -0.39 is 5.97 Å². The molecule has 1 N–H and O–H groups in total. The molecule has 8 nitrogen and oxygen atoms in total. The summed E-state index contributed by atoms with van der Waals surface area (Å²) in [5, 5.41) is 15.2. The van der Waals surface area contributed by atoms with Crippen molar-refractivity contribution in [1.29, 1.82) is 0 Å². The predicted molar refractivity (Wildman–Crippen MR) is 137 cm³/mol. The number of morpholine rings is 1. The number of halogens is 2. The molecule has 0 spiro atoms. The second-order valence-corrected chi connectivity index (χ2v) is 11.9. The van der Waals surface area contributed by atoms with E-state index >= 15 is 0 Å². The molecule has 1 aliphatic heterocycles. The van der Waals surface area contributed by atoms with E-state index in [0.717, 1.165) is 9.77 Å². The van der Waals surface area contributed by atoms with E-state index in [2.05, 4.69) is 34.9 Å². The van der Waals surface area contributed by atoms with Crippen molar-refractivity contribution in [1.82, 2.24) is 19.7 Å². The van der Waals surface area contributed by atoms with Crippen LogP contribution in [0, 0.1) is 6.92 Å². The molecule has 0 atom stereocenters. The predicted octanol–water partition coefficient (Wildman–Crippen LogP) is 5.39. The molecule has 3 heterocycles. The highest BCUT2D eigenvalue weighted by Gasteiger charge is 2.26. The van der Waals surface area contributed by atoms with Gasteiger partial charge in [-0.15, -0.1) is 11.8 Å². The Bertz CT molecular complexity index is 1250. The largest absolute Gasteiger partial charge is 0.476 e. The number of aromatic carboxylic acids is 1. The van der Waals surface area contributed by atoms with Gasteiger partial charge >= 0.3 is 5.97 Å². The zero-order valence-electron chi connectivity index (χ0n) is 18.7. The van der Waals surface area contributed by atoms with E-state index in [-0.39, 0.29) is 16.9 Å². The number of ether oxygens (including phenoxy) is 1. The Morgan fingerprint density at radius 1 is 1.29 bits per heavy atom. The van der Waals surface area contributed by atoms with Crippen molar-refractivity contribution in [2.75, 3.05) is 26.3 Å². The monoisotopic (exact) mass is 584 g/mol. The lowest BCUT2D eigenvalue weighted by Gasteiger charge is -2.27. The van der Waals surface area contributed by atoms with Crippen LogP contribution in [0.2, 0.25) is 5.02 Å². The lowest BCUT2D eigenvalue weighted by atomic mass is 10.1. The summed E-state index contributed by atoms with van der Waals surface area (Å²) in [7, 11) is 0. The first-order valence-corrected chi connectivity index (χ1v) is 13.4. The molecule has 34 heavy (non-hydrogen) atoms. The molecule has 0 saturated carbocycles. The van der Waals surface area contributed by atoms with Crippen LogP contribution in [0.4, 0.5) is 0 Å². The Morgan fingerprint density at radius 2 is 2.00 bits per heavy atom. The molecule has 0 radical (unpaired) electrons. The Balaban J connectivity index is 1.80. The van der Waals surface area contributed by atoms with Gasteiger partial charge in [-0.3, -0.25) is 4.79 Å². The van der Waals surface area contributed by atoms with Gasteiger partial charge in [0, 0.05) is 23.9 Å². The molecule has 0 bridgehead atoms. The van der Waals surface area contributed by atoms with Crippen molar-refractivity contribution >= 4 is 62.5 Å². The zero-order valence-corrected chi connectivity index (χ0v) is 22.6. The van der Waals surface area contributed by atoms with Crippen LogP contribution in [0.5, 0.6) is 0 Å². The molecule has 1 saturated heterocycles. The molecule has 1 aromatic carbocycles. The van der Waals surface area contributed by atoms with Crippen LogP contribution in [0.25, 0.3) is 16.4 Å². The number of carboxylic acids is 1. The van der Waals surface area contributed by atoms with Crippen molar-refractivity contribution in [3.05, 3.63) is 44.6 Å². The fourth-order valence-electron chi connectivity index (χ4n) is 3.47. The van der Waals surface area contributed by atoms with Gasteiger partial charge in [0.25, 0.3) is 5.91 Å². The van der Waals surface area contributed by atoms with Gasteiger partial charge < -0.3 is 14.7 Å². The number of aromatic nitrogens is 3. The molecular formula is C22H22BrClN4O4S2. The van der Waals surface area contributed by atoms with Crippen LogP contribution in [-0.4, -0.2) is 68.2 Å². The van der Waals surface area contributed by atoms with E-state index in [1.54, 1.807) is 35.7 Å².